The molecule has 0 spiro atoms. The van der Waals surface area contributed by atoms with Crippen molar-refractivity contribution in [2.45, 2.75) is 45.7 Å². The van der Waals surface area contributed by atoms with E-state index >= 15 is 0 Å². The van der Waals surface area contributed by atoms with Gasteiger partial charge in [-0.25, -0.2) is 0 Å². The molecular weight excluding hydrogens is 509 g/mol. The highest BCUT2D eigenvalue weighted by atomic mass is 32.2. The lowest BCUT2D eigenvalue weighted by Crippen LogP contribution is -2.36. The Labute approximate surface area is 216 Å². The van der Waals surface area contributed by atoms with Crippen molar-refractivity contribution in [3.63, 3.8) is 0 Å². The van der Waals surface area contributed by atoms with Gasteiger partial charge in [0.1, 0.15) is 18.0 Å². The number of phenolic OH excluding ortho intramolecular Hbond substituents is 1. The van der Waals surface area contributed by atoms with E-state index in [0.717, 1.165) is 17.0 Å². The summed E-state index contributed by atoms with van der Waals surface area (Å²) in [5.74, 6) is -1.36. The maximum Gasteiger partial charge on any atom is 0.416 e. The van der Waals surface area contributed by atoms with Crippen LogP contribution in [0.5, 0.6) is 11.5 Å². The Kier molecular flexibility index (Phi) is 8.26. The molecule has 1 saturated heterocycles. The molecule has 1 aliphatic rings. The number of amides is 3. The normalized spacial score (nSPS) is 15.3. The van der Waals surface area contributed by atoms with Crippen molar-refractivity contribution in [1.29, 1.82) is 0 Å². The van der Waals surface area contributed by atoms with Gasteiger partial charge in [0.15, 0.2) is 0 Å². The number of ether oxygens (including phenoxy) is 1. The van der Waals surface area contributed by atoms with Crippen molar-refractivity contribution in [1.82, 2.24) is 4.90 Å². The summed E-state index contributed by atoms with van der Waals surface area (Å²) in [6.45, 7) is 7.01. The number of methoxy groups -OCH3 is 1. The molecule has 198 valence electrons. The van der Waals surface area contributed by atoms with Gasteiger partial charge in [0.2, 0.25) is 5.91 Å². The van der Waals surface area contributed by atoms with E-state index in [9.17, 15) is 32.7 Å². The molecule has 2 aromatic carbocycles. The standard InChI is InChI=1S/C26H27F3N2O5S/c1-13(2)17-8-15(9-18(14(3)4)23(17)33)10-21-24(34)31(25(35)37-21)12-22(32)30-19-11-16(26(27,28)29)6-7-20(19)36-5/h6-11,13-14,33H,12H2,1-5H3,(H,30,32)/b21-10-. The Morgan fingerprint density at radius 1 is 1.11 bits per heavy atom. The zero-order valence-electron chi connectivity index (χ0n) is 20.9. The fraction of sp³-hybridized carbons (Fsp3) is 0.346. The van der Waals surface area contributed by atoms with Crippen LogP contribution in [0.4, 0.5) is 23.7 Å². The number of halogens is 3. The minimum absolute atomic E-state index is 0.00960. The lowest BCUT2D eigenvalue weighted by Gasteiger charge is -2.17. The molecule has 3 rings (SSSR count). The van der Waals surface area contributed by atoms with Crippen molar-refractivity contribution < 1.29 is 37.4 Å². The maximum atomic E-state index is 13.1. The lowest BCUT2D eigenvalue weighted by atomic mass is 9.91. The van der Waals surface area contributed by atoms with Crippen molar-refractivity contribution >= 4 is 40.6 Å². The molecule has 0 unspecified atom stereocenters. The monoisotopic (exact) mass is 536 g/mol. The number of aromatic hydroxyl groups is 1. The van der Waals surface area contributed by atoms with Crippen molar-refractivity contribution in [3.8, 4) is 11.5 Å². The number of hydrogen-bond acceptors (Lipinski definition) is 6. The summed E-state index contributed by atoms with van der Waals surface area (Å²) < 4.78 is 44.2. The summed E-state index contributed by atoms with van der Waals surface area (Å²) in [6.07, 6.45) is -3.11. The molecule has 2 N–H and O–H groups in total. The molecule has 11 heteroatoms. The molecule has 0 aliphatic carbocycles. The third-order valence-corrected chi connectivity index (χ3v) is 6.62. The first-order valence-corrected chi connectivity index (χ1v) is 12.2. The molecule has 0 aromatic heterocycles. The second-order valence-electron chi connectivity index (χ2n) is 9.09. The summed E-state index contributed by atoms with van der Waals surface area (Å²) in [7, 11) is 1.23. The molecule has 0 atom stereocenters. The van der Waals surface area contributed by atoms with Crippen LogP contribution >= 0.6 is 11.8 Å². The Hall–Kier alpha value is -3.47. The first-order valence-electron chi connectivity index (χ1n) is 11.4. The summed E-state index contributed by atoms with van der Waals surface area (Å²) in [4.78, 5) is 38.8. The maximum absolute atomic E-state index is 13.1. The molecule has 1 aliphatic heterocycles. The number of carbonyl (C=O) groups excluding carboxylic acids is 3. The third kappa shape index (κ3) is 6.27. The Morgan fingerprint density at radius 3 is 2.22 bits per heavy atom. The molecule has 0 saturated carbocycles. The van der Waals surface area contributed by atoms with Gasteiger partial charge in [0.25, 0.3) is 11.1 Å². The second-order valence-corrected chi connectivity index (χ2v) is 10.1. The number of anilines is 1. The number of imide groups is 1. The fourth-order valence-electron chi connectivity index (χ4n) is 3.77. The van der Waals surface area contributed by atoms with Gasteiger partial charge in [-0.15, -0.1) is 0 Å². The average Bonchev–Trinajstić information content (AvgIpc) is 3.06. The molecule has 0 radical (unpaired) electrons. The number of rotatable bonds is 7. The molecule has 37 heavy (non-hydrogen) atoms. The van der Waals surface area contributed by atoms with Crippen molar-refractivity contribution in [3.05, 3.63) is 57.5 Å². The number of carbonyl (C=O) groups is 3. The largest absolute Gasteiger partial charge is 0.507 e. The topological polar surface area (TPSA) is 95.9 Å². The zero-order valence-corrected chi connectivity index (χ0v) is 21.7. The number of benzene rings is 2. The summed E-state index contributed by atoms with van der Waals surface area (Å²) in [5.41, 5.74) is 0.788. The second kappa shape index (κ2) is 10.9. The lowest BCUT2D eigenvalue weighted by molar-refractivity contribution is -0.137. The van der Waals surface area contributed by atoms with Crippen LogP contribution in [0, 0.1) is 0 Å². The van der Waals surface area contributed by atoms with E-state index in [1.807, 2.05) is 27.7 Å². The van der Waals surface area contributed by atoms with E-state index in [-0.39, 0.29) is 33.9 Å². The first-order chi connectivity index (χ1) is 17.2. The van der Waals surface area contributed by atoms with E-state index in [0.29, 0.717) is 34.5 Å². The number of hydrogen-bond donors (Lipinski definition) is 2. The van der Waals surface area contributed by atoms with E-state index in [4.69, 9.17) is 4.74 Å². The van der Waals surface area contributed by atoms with Crippen molar-refractivity contribution in [2.24, 2.45) is 0 Å². The highest BCUT2D eigenvalue weighted by Crippen LogP contribution is 2.38. The average molecular weight is 537 g/mol. The van der Waals surface area contributed by atoms with E-state index in [1.54, 1.807) is 12.1 Å². The quantitative estimate of drug-likeness (QED) is 0.401. The molecule has 2 aromatic rings. The summed E-state index contributed by atoms with van der Waals surface area (Å²) >= 11 is 0.654. The number of nitrogens with zero attached hydrogens (tertiary/aromatic N) is 1. The molecule has 0 bridgehead atoms. The van der Waals surface area contributed by atoms with Gasteiger partial charge in [-0.05, 0) is 76.7 Å². The van der Waals surface area contributed by atoms with Gasteiger partial charge in [0.05, 0.1) is 23.3 Å². The van der Waals surface area contributed by atoms with Gasteiger partial charge in [-0.1, -0.05) is 27.7 Å². The highest BCUT2D eigenvalue weighted by Gasteiger charge is 2.37. The smallest absolute Gasteiger partial charge is 0.416 e. The van der Waals surface area contributed by atoms with Crippen LogP contribution in [-0.2, 0) is 15.8 Å². The van der Waals surface area contributed by atoms with Crippen molar-refractivity contribution in [2.75, 3.05) is 19.0 Å². The minimum Gasteiger partial charge on any atom is -0.507 e. The number of nitrogens with one attached hydrogen (secondary N) is 1. The van der Waals surface area contributed by atoms with Crippen LogP contribution in [0.15, 0.2) is 35.2 Å². The van der Waals surface area contributed by atoms with Crippen LogP contribution in [0.2, 0.25) is 0 Å². The Morgan fingerprint density at radius 2 is 1.70 bits per heavy atom. The fourth-order valence-corrected chi connectivity index (χ4v) is 4.61. The molecular formula is C26H27F3N2O5S. The Bertz CT molecular complexity index is 1240. The van der Waals surface area contributed by atoms with Gasteiger partial charge in [-0.2, -0.15) is 13.2 Å². The van der Waals surface area contributed by atoms with Crippen LogP contribution in [0.1, 0.15) is 61.8 Å². The van der Waals surface area contributed by atoms with Crippen LogP contribution in [0.3, 0.4) is 0 Å². The van der Waals surface area contributed by atoms with Crippen LogP contribution < -0.4 is 10.1 Å². The zero-order chi connectivity index (χ0) is 27.7. The van der Waals surface area contributed by atoms with Crippen LogP contribution in [-0.4, -0.2) is 40.7 Å². The molecule has 7 nitrogen and oxygen atoms in total. The van der Waals surface area contributed by atoms with Gasteiger partial charge < -0.3 is 15.2 Å². The number of alkyl halides is 3. The highest BCUT2D eigenvalue weighted by molar-refractivity contribution is 8.18. The molecule has 1 heterocycles. The molecule has 3 amide bonds. The summed E-state index contributed by atoms with van der Waals surface area (Å²) in [6, 6.07) is 6.08. The molecule has 1 fully saturated rings. The van der Waals surface area contributed by atoms with Gasteiger partial charge in [-0.3, -0.25) is 19.3 Å². The van der Waals surface area contributed by atoms with E-state index in [1.165, 1.54) is 13.2 Å². The number of thioether (sulfide) groups is 1. The minimum atomic E-state index is -4.64. The number of phenols is 1. The van der Waals surface area contributed by atoms with Gasteiger partial charge >= 0.3 is 6.18 Å². The third-order valence-electron chi connectivity index (χ3n) is 5.71. The van der Waals surface area contributed by atoms with E-state index < -0.39 is 35.3 Å². The Balaban J connectivity index is 1.83. The van der Waals surface area contributed by atoms with Crippen LogP contribution in [0.25, 0.3) is 6.08 Å². The van der Waals surface area contributed by atoms with Gasteiger partial charge in [0, 0.05) is 0 Å². The van der Waals surface area contributed by atoms with E-state index in [2.05, 4.69) is 5.32 Å². The summed E-state index contributed by atoms with van der Waals surface area (Å²) in [5, 5.41) is 12.2. The predicted octanol–water partition coefficient (Wildman–Crippen LogP) is 6.34. The SMILES string of the molecule is COc1ccc(C(F)(F)F)cc1NC(=O)CN1C(=O)S/C(=C\c2cc(C(C)C)c(O)c(C(C)C)c2)C1=O. The predicted molar refractivity (Wildman–Crippen MR) is 136 cm³/mol. The first kappa shape index (κ1) is 28.1.